The van der Waals surface area contributed by atoms with Gasteiger partial charge in [-0.3, -0.25) is 9.48 Å². The molecule has 3 heterocycles. The Morgan fingerprint density at radius 2 is 2.26 bits per heavy atom. The maximum atomic E-state index is 13.0. The van der Waals surface area contributed by atoms with E-state index in [2.05, 4.69) is 20.4 Å². The molecule has 2 aromatic heterocycles. The van der Waals surface area contributed by atoms with Crippen molar-refractivity contribution >= 4 is 17.2 Å². The van der Waals surface area contributed by atoms with Crippen LogP contribution in [0.25, 0.3) is 0 Å². The SMILES string of the molecule is Cc1csc(C2CCCCN2C(=O)C2CC2c2cnn(C)c2)n1. The van der Waals surface area contributed by atoms with E-state index in [0.29, 0.717) is 11.8 Å². The van der Waals surface area contributed by atoms with Crippen LogP contribution in [0, 0.1) is 12.8 Å². The smallest absolute Gasteiger partial charge is 0.226 e. The van der Waals surface area contributed by atoms with Crippen molar-refractivity contribution in [2.75, 3.05) is 6.54 Å². The number of rotatable bonds is 3. The van der Waals surface area contributed by atoms with Crippen molar-refractivity contribution in [1.29, 1.82) is 0 Å². The minimum atomic E-state index is 0.140. The largest absolute Gasteiger partial charge is 0.333 e. The van der Waals surface area contributed by atoms with E-state index >= 15 is 0 Å². The van der Waals surface area contributed by atoms with E-state index in [-0.39, 0.29) is 12.0 Å². The lowest BCUT2D eigenvalue weighted by Crippen LogP contribution is -2.39. The topological polar surface area (TPSA) is 51.0 Å². The van der Waals surface area contributed by atoms with Gasteiger partial charge in [0.15, 0.2) is 0 Å². The Morgan fingerprint density at radius 3 is 2.96 bits per heavy atom. The van der Waals surface area contributed by atoms with Gasteiger partial charge in [-0.15, -0.1) is 11.3 Å². The van der Waals surface area contributed by atoms with Crippen LogP contribution in [0.5, 0.6) is 0 Å². The predicted octanol–water partition coefficient (Wildman–Crippen LogP) is 3.04. The lowest BCUT2D eigenvalue weighted by atomic mass is 10.0. The van der Waals surface area contributed by atoms with Gasteiger partial charge in [0, 0.05) is 36.8 Å². The summed E-state index contributed by atoms with van der Waals surface area (Å²) in [7, 11) is 1.92. The predicted molar refractivity (Wildman–Crippen MR) is 89.2 cm³/mol. The number of hydrogen-bond acceptors (Lipinski definition) is 4. The van der Waals surface area contributed by atoms with Crippen LogP contribution < -0.4 is 0 Å². The van der Waals surface area contributed by atoms with Gasteiger partial charge < -0.3 is 4.90 Å². The quantitative estimate of drug-likeness (QED) is 0.869. The molecule has 0 radical (unpaired) electrons. The average Bonchev–Trinajstić information content (AvgIpc) is 3.05. The number of hydrogen-bond donors (Lipinski definition) is 0. The Bertz CT molecular complexity index is 722. The molecular formula is C17H22N4OS. The van der Waals surface area contributed by atoms with E-state index in [1.165, 1.54) is 12.0 Å². The molecule has 3 atom stereocenters. The molecule has 3 unspecified atom stereocenters. The zero-order valence-corrected chi connectivity index (χ0v) is 14.4. The summed E-state index contributed by atoms with van der Waals surface area (Å²) in [6.45, 7) is 2.90. The zero-order chi connectivity index (χ0) is 16.0. The van der Waals surface area contributed by atoms with E-state index in [1.54, 1.807) is 11.3 Å². The van der Waals surface area contributed by atoms with Crippen LogP contribution in [0.2, 0.25) is 0 Å². The van der Waals surface area contributed by atoms with Gasteiger partial charge in [-0.05, 0) is 44.1 Å². The maximum Gasteiger partial charge on any atom is 0.226 e. The summed E-state index contributed by atoms with van der Waals surface area (Å²) in [4.78, 5) is 19.8. The summed E-state index contributed by atoms with van der Waals surface area (Å²) in [5.41, 5.74) is 2.26. The van der Waals surface area contributed by atoms with Crippen molar-refractivity contribution in [3.05, 3.63) is 34.0 Å². The Morgan fingerprint density at radius 1 is 1.39 bits per heavy atom. The number of carbonyl (C=O) groups is 1. The molecule has 1 aliphatic heterocycles. The Balaban J connectivity index is 1.50. The van der Waals surface area contributed by atoms with Gasteiger partial charge in [0.05, 0.1) is 12.2 Å². The van der Waals surface area contributed by atoms with Crippen LogP contribution in [0.15, 0.2) is 17.8 Å². The number of aromatic nitrogens is 3. The van der Waals surface area contributed by atoms with Gasteiger partial charge in [0.1, 0.15) is 5.01 Å². The first-order valence-corrected chi connectivity index (χ1v) is 9.22. The number of carbonyl (C=O) groups excluding carboxylic acids is 1. The normalized spacial score (nSPS) is 27.2. The van der Waals surface area contributed by atoms with Crippen LogP contribution in [0.4, 0.5) is 0 Å². The summed E-state index contributed by atoms with van der Waals surface area (Å²) in [6, 6.07) is 0.185. The highest BCUT2D eigenvalue weighted by Crippen LogP contribution is 2.49. The van der Waals surface area contributed by atoms with Crippen LogP contribution >= 0.6 is 11.3 Å². The van der Waals surface area contributed by atoms with Crippen molar-refractivity contribution in [2.45, 2.75) is 44.6 Å². The molecule has 0 N–H and O–H groups in total. The second kappa shape index (κ2) is 5.74. The van der Waals surface area contributed by atoms with Crippen molar-refractivity contribution < 1.29 is 4.79 Å². The molecule has 2 fully saturated rings. The third-order valence-electron chi connectivity index (χ3n) is 4.97. The molecule has 6 heteroatoms. The Kier molecular flexibility index (Phi) is 3.71. The molecule has 0 bridgehead atoms. The molecule has 1 amide bonds. The molecule has 2 aromatic rings. The third kappa shape index (κ3) is 2.80. The third-order valence-corrected chi connectivity index (χ3v) is 6.03. The number of likely N-dealkylation sites (tertiary alicyclic amines) is 1. The molecule has 5 nitrogen and oxygen atoms in total. The van der Waals surface area contributed by atoms with Crippen molar-refractivity contribution in [3.8, 4) is 0 Å². The first-order chi connectivity index (χ1) is 11.1. The molecular weight excluding hydrogens is 308 g/mol. The first kappa shape index (κ1) is 14.9. The highest BCUT2D eigenvalue weighted by Gasteiger charge is 2.48. The zero-order valence-electron chi connectivity index (χ0n) is 13.6. The molecule has 2 aliphatic rings. The molecule has 0 spiro atoms. The fraction of sp³-hybridized carbons (Fsp3) is 0.588. The Hall–Kier alpha value is -1.69. The van der Waals surface area contributed by atoms with Gasteiger partial charge in [0.25, 0.3) is 0 Å². The number of nitrogens with zero attached hydrogens (tertiary/aromatic N) is 4. The van der Waals surface area contributed by atoms with E-state index < -0.39 is 0 Å². The monoisotopic (exact) mass is 330 g/mol. The van der Waals surface area contributed by atoms with Crippen molar-refractivity contribution in [2.24, 2.45) is 13.0 Å². The van der Waals surface area contributed by atoms with Crippen LogP contribution in [-0.2, 0) is 11.8 Å². The van der Waals surface area contributed by atoms with Gasteiger partial charge in [0.2, 0.25) is 5.91 Å². The summed E-state index contributed by atoms with van der Waals surface area (Å²) in [6.07, 6.45) is 8.24. The highest BCUT2D eigenvalue weighted by atomic mass is 32.1. The molecule has 122 valence electrons. The summed E-state index contributed by atoms with van der Waals surface area (Å²) in [5, 5.41) is 7.42. The van der Waals surface area contributed by atoms with Crippen LogP contribution in [0.1, 0.15) is 53.9 Å². The lowest BCUT2D eigenvalue weighted by molar-refractivity contribution is -0.136. The highest BCUT2D eigenvalue weighted by molar-refractivity contribution is 7.09. The standard InChI is InChI=1S/C17H22N4OS/c1-11-10-23-16(19-11)15-5-3-4-6-21(15)17(22)14-7-13(14)12-8-18-20(2)9-12/h8-10,13-15H,3-7H2,1-2H3. The fourth-order valence-electron chi connectivity index (χ4n) is 3.66. The van der Waals surface area contributed by atoms with E-state index in [9.17, 15) is 4.79 Å². The summed E-state index contributed by atoms with van der Waals surface area (Å²) in [5.74, 6) is 0.814. The van der Waals surface area contributed by atoms with Gasteiger partial charge in [-0.1, -0.05) is 0 Å². The molecule has 1 saturated heterocycles. The first-order valence-electron chi connectivity index (χ1n) is 8.34. The van der Waals surface area contributed by atoms with Gasteiger partial charge in [-0.2, -0.15) is 5.10 Å². The number of piperidine rings is 1. The Labute approximate surface area is 140 Å². The summed E-state index contributed by atoms with van der Waals surface area (Å²) < 4.78 is 1.82. The van der Waals surface area contributed by atoms with E-state index in [0.717, 1.165) is 36.5 Å². The molecule has 1 aliphatic carbocycles. The van der Waals surface area contributed by atoms with Gasteiger partial charge >= 0.3 is 0 Å². The fourth-order valence-corrected chi connectivity index (χ4v) is 4.60. The minimum Gasteiger partial charge on any atom is -0.333 e. The second-order valence-corrected chi connectivity index (χ2v) is 7.66. The van der Waals surface area contributed by atoms with Gasteiger partial charge in [-0.25, -0.2) is 4.98 Å². The summed E-state index contributed by atoms with van der Waals surface area (Å²) >= 11 is 1.69. The molecule has 23 heavy (non-hydrogen) atoms. The second-order valence-electron chi connectivity index (χ2n) is 6.77. The van der Waals surface area contributed by atoms with Crippen molar-refractivity contribution in [1.82, 2.24) is 19.7 Å². The minimum absolute atomic E-state index is 0.140. The maximum absolute atomic E-state index is 13.0. The molecule has 4 rings (SSSR count). The number of amides is 1. The van der Waals surface area contributed by atoms with Crippen LogP contribution in [0.3, 0.4) is 0 Å². The molecule has 1 saturated carbocycles. The number of aryl methyl sites for hydroxylation is 2. The lowest BCUT2D eigenvalue weighted by Gasteiger charge is -2.34. The van der Waals surface area contributed by atoms with Crippen molar-refractivity contribution in [3.63, 3.8) is 0 Å². The number of thiazole rings is 1. The van der Waals surface area contributed by atoms with E-state index in [4.69, 9.17) is 0 Å². The van der Waals surface area contributed by atoms with Crippen LogP contribution in [-0.4, -0.2) is 32.1 Å². The molecule has 0 aromatic carbocycles. The van der Waals surface area contributed by atoms with E-state index in [1.807, 2.05) is 31.0 Å². The average molecular weight is 330 g/mol.